The Morgan fingerprint density at radius 3 is 2.84 bits per heavy atom. The quantitative estimate of drug-likeness (QED) is 0.640. The van der Waals surface area contributed by atoms with Gasteiger partial charge in [-0.15, -0.1) is 0 Å². The maximum Gasteiger partial charge on any atom is 0.407 e. The van der Waals surface area contributed by atoms with Gasteiger partial charge in [0.1, 0.15) is 11.4 Å². The lowest BCUT2D eigenvalue weighted by Gasteiger charge is -2.36. The van der Waals surface area contributed by atoms with Gasteiger partial charge in [0.25, 0.3) is 0 Å². The number of amides is 1. The molecule has 0 spiro atoms. The molecule has 2 aliphatic rings. The predicted octanol–water partition coefficient (Wildman–Crippen LogP) is 3.95. The average Bonchev–Trinajstić information content (AvgIpc) is 3.46. The van der Waals surface area contributed by atoms with Crippen LogP contribution in [0.2, 0.25) is 0 Å². The summed E-state index contributed by atoms with van der Waals surface area (Å²) in [4.78, 5) is 23.5. The first-order valence-corrected chi connectivity index (χ1v) is 11.2. The van der Waals surface area contributed by atoms with E-state index < -0.39 is 5.60 Å². The molecule has 2 fully saturated rings. The van der Waals surface area contributed by atoms with E-state index in [1.165, 1.54) is 18.5 Å². The first-order chi connectivity index (χ1) is 14.8. The molecule has 3 heterocycles. The number of anilines is 3. The number of carbonyl (C=O) groups is 1. The summed E-state index contributed by atoms with van der Waals surface area (Å²) in [5.74, 6) is 3.12. The van der Waals surface area contributed by atoms with E-state index in [0.717, 1.165) is 37.6 Å². The molecular formula is C22H33N7O2. The second kappa shape index (κ2) is 8.72. The van der Waals surface area contributed by atoms with Crippen LogP contribution in [0.4, 0.5) is 22.4 Å². The second-order valence-electron chi connectivity index (χ2n) is 9.63. The summed E-state index contributed by atoms with van der Waals surface area (Å²) in [7, 11) is 0. The third-order valence-corrected chi connectivity index (χ3v) is 5.71. The Morgan fingerprint density at radius 1 is 1.29 bits per heavy atom. The van der Waals surface area contributed by atoms with E-state index in [0.29, 0.717) is 17.8 Å². The number of H-pyrrole nitrogens is 1. The first kappa shape index (κ1) is 21.4. The van der Waals surface area contributed by atoms with Crippen molar-refractivity contribution in [2.75, 3.05) is 23.3 Å². The number of nitrogens with zero attached hydrogens (tertiary/aromatic N) is 4. The summed E-state index contributed by atoms with van der Waals surface area (Å²) in [6.07, 6.45) is 5.93. The number of nitrogens with one attached hydrogen (secondary N) is 3. The smallest absolute Gasteiger partial charge is 0.407 e. The van der Waals surface area contributed by atoms with Crippen molar-refractivity contribution in [3.63, 3.8) is 0 Å². The van der Waals surface area contributed by atoms with E-state index in [9.17, 15) is 4.79 Å². The fraction of sp³-hybridized carbons (Fsp3) is 0.636. The summed E-state index contributed by atoms with van der Waals surface area (Å²) in [6, 6.07) is 3.91. The highest BCUT2D eigenvalue weighted by Gasteiger charge is 2.29. The van der Waals surface area contributed by atoms with Gasteiger partial charge >= 0.3 is 6.09 Å². The Morgan fingerprint density at radius 2 is 2.10 bits per heavy atom. The van der Waals surface area contributed by atoms with Crippen LogP contribution in [0, 0.1) is 5.92 Å². The van der Waals surface area contributed by atoms with Crippen molar-refractivity contribution in [3.05, 3.63) is 24.0 Å². The van der Waals surface area contributed by atoms with Crippen molar-refractivity contribution in [2.45, 2.75) is 70.9 Å². The van der Waals surface area contributed by atoms with Crippen LogP contribution in [0.15, 0.2) is 18.3 Å². The molecule has 2 unspecified atom stereocenters. The molecule has 1 aliphatic heterocycles. The number of aromatic nitrogens is 4. The Hall–Kier alpha value is -2.84. The van der Waals surface area contributed by atoms with Gasteiger partial charge in [-0.1, -0.05) is 0 Å². The van der Waals surface area contributed by atoms with Gasteiger partial charge < -0.3 is 20.3 Å². The summed E-state index contributed by atoms with van der Waals surface area (Å²) >= 11 is 0. The lowest BCUT2D eigenvalue weighted by atomic mass is 9.92. The minimum Gasteiger partial charge on any atom is -0.444 e. The van der Waals surface area contributed by atoms with Crippen molar-refractivity contribution in [1.82, 2.24) is 25.5 Å². The van der Waals surface area contributed by atoms with Gasteiger partial charge in [0, 0.05) is 43.0 Å². The number of ether oxygens (including phenoxy) is 1. The molecule has 1 amide bonds. The molecule has 1 aliphatic carbocycles. The summed E-state index contributed by atoms with van der Waals surface area (Å²) in [5, 5.41) is 13.7. The van der Waals surface area contributed by atoms with Gasteiger partial charge in [-0.3, -0.25) is 5.10 Å². The average molecular weight is 428 g/mol. The van der Waals surface area contributed by atoms with Crippen molar-refractivity contribution >= 4 is 23.7 Å². The predicted molar refractivity (Wildman–Crippen MR) is 120 cm³/mol. The van der Waals surface area contributed by atoms with Gasteiger partial charge in [0.15, 0.2) is 5.82 Å². The van der Waals surface area contributed by atoms with Crippen LogP contribution in [-0.2, 0) is 4.74 Å². The standard InChI is InChI=1S/C22H33N7O2/c1-14(24-21(30)31-22(2,3)4)16-6-5-11-29(13-16)20-23-10-9-18(26-20)25-19-12-17(27-28-19)15-7-8-15/h9-10,12,14-16H,5-8,11,13H2,1-4H3,(H,24,30)(H2,23,25,26,27,28). The molecule has 2 atom stereocenters. The number of aromatic amines is 1. The number of carbonyl (C=O) groups excluding carboxylic acids is 1. The van der Waals surface area contributed by atoms with Crippen molar-refractivity contribution in [2.24, 2.45) is 5.92 Å². The van der Waals surface area contributed by atoms with E-state index in [2.05, 4.69) is 36.8 Å². The number of alkyl carbamates (subject to hydrolysis) is 1. The van der Waals surface area contributed by atoms with Crippen molar-refractivity contribution in [1.29, 1.82) is 0 Å². The molecule has 0 bridgehead atoms. The topological polar surface area (TPSA) is 108 Å². The van der Waals surface area contributed by atoms with Gasteiger partial charge in [0.2, 0.25) is 5.95 Å². The molecule has 1 saturated carbocycles. The Bertz CT molecular complexity index is 903. The highest BCUT2D eigenvalue weighted by atomic mass is 16.6. The van der Waals surface area contributed by atoms with Crippen LogP contribution in [0.25, 0.3) is 0 Å². The lowest BCUT2D eigenvalue weighted by Crippen LogP contribution is -2.47. The summed E-state index contributed by atoms with van der Waals surface area (Å²) < 4.78 is 5.40. The highest BCUT2D eigenvalue weighted by molar-refractivity contribution is 5.68. The number of piperidine rings is 1. The number of hydrogen-bond acceptors (Lipinski definition) is 7. The molecule has 1 saturated heterocycles. The molecule has 2 aromatic heterocycles. The molecule has 9 nitrogen and oxygen atoms in total. The van der Waals surface area contributed by atoms with Crippen LogP contribution in [-0.4, -0.2) is 51.0 Å². The maximum atomic E-state index is 12.1. The zero-order chi connectivity index (χ0) is 22.0. The minimum absolute atomic E-state index is 0.00357. The molecule has 0 radical (unpaired) electrons. The molecule has 3 N–H and O–H groups in total. The lowest BCUT2D eigenvalue weighted by molar-refractivity contribution is 0.0489. The molecule has 9 heteroatoms. The first-order valence-electron chi connectivity index (χ1n) is 11.2. The van der Waals surface area contributed by atoms with E-state index in [1.54, 1.807) is 6.20 Å². The van der Waals surface area contributed by atoms with E-state index in [-0.39, 0.29) is 12.1 Å². The zero-order valence-electron chi connectivity index (χ0n) is 18.8. The largest absolute Gasteiger partial charge is 0.444 e. The van der Waals surface area contributed by atoms with Gasteiger partial charge in [-0.2, -0.15) is 10.1 Å². The Kier molecular flexibility index (Phi) is 6.02. The molecular weight excluding hydrogens is 394 g/mol. The Balaban J connectivity index is 1.36. The molecule has 31 heavy (non-hydrogen) atoms. The molecule has 168 valence electrons. The molecule has 0 aromatic carbocycles. The molecule has 2 aromatic rings. The van der Waals surface area contributed by atoms with E-state index >= 15 is 0 Å². The van der Waals surface area contributed by atoms with E-state index in [4.69, 9.17) is 9.72 Å². The third kappa shape index (κ3) is 5.86. The number of rotatable bonds is 6. The Labute approximate surface area is 183 Å². The normalized spacial score (nSPS) is 20.3. The van der Waals surface area contributed by atoms with Crippen LogP contribution in [0.1, 0.15) is 65.0 Å². The molecule has 4 rings (SSSR count). The van der Waals surface area contributed by atoms with Crippen molar-refractivity contribution in [3.8, 4) is 0 Å². The van der Waals surface area contributed by atoms with Gasteiger partial charge in [0.05, 0.1) is 0 Å². The number of hydrogen-bond donors (Lipinski definition) is 3. The fourth-order valence-electron chi connectivity index (χ4n) is 3.92. The van der Waals surface area contributed by atoms with Crippen LogP contribution >= 0.6 is 0 Å². The zero-order valence-corrected chi connectivity index (χ0v) is 18.8. The van der Waals surface area contributed by atoms with Gasteiger partial charge in [-0.25, -0.2) is 9.78 Å². The van der Waals surface area contributed by atoms with Crippen LogP contribution in [0.5, 0.6) is 0 Å². The fourth-order valence-corrected chi connectivity index (χ4v) is 3.92. The SMILES string of the molecule is CC(NC(=O)OC(C)(C)C)C1CCCN(c2nccc(Nc3cc(C4CC4)[nH]n3)n2)C1. The summed E-state index contributed by atoms with van der Waals surface area (Å²) in [5.41, 5.74) is 0.680. The van der Waals surface area contributed by atoms with E-state index in [1.807, 2.05) is 33.8 Å². The minimum atomic E-state index is -0.503. The second-order valence-corrected chi connectivity index (χ2v) is 9.63. The van der Waals surface area contributed by atoms with Crippen LogP contribution < -0.4 is 15.5 Å². The monoisotopic (exact) mass is 427 g/mol. The third-order valence-electron chi connectivity index (χ3n) is 5.71. The van der Waals surface area contributed by atoms with Crippen LogP contribution in [0.3, 0.4) is 0 Å². The highest BCUT2D eigenvalue weighted by Crippen LogP contribution is 2.39. The summed E-state index contributed by atoms with van der Waals surface area (Å²) in [6.45, 7) is 9.32. The van der Waals surface area contributed by atoms with Gasteiger partial charge in [-0.05, 0) is 65.4 Å². The maximum absolute atomic E-state index is 12.1. The van der Waals surface area contributed by atoms with Crippen molar-refractivity contribution < 1.29 is 9.53 Å².